The van der Waals surface area contributed by atoms with Gasteiger partial charge >= 0.3 is 0 Å². The Balaban J connectivity index is 1.43. The van der Waals surface area contributed by atoms with E-state index in [1.54, 1.807) is 35.7 Å². The third-order valence-electron chi connectivity index (χ3n) is 7.00. The van der Waals surface area contributed by atoms with Crippen molar-refractivity contribution in [1.29, 1.82) is 0 Å². The fourth-order valence-electron chi connectivity index (χ4n) is 5.07. The highest BCUT2D eigenvalue weighted by molar-refractivity contribution is 7.89. The lowest BCUT2D eigenvalue weighted by Crippen LogP contribution is -2.34. The van der Waals surface area contributed by atoms with Gasteiger partial charge in [0.2, 0.25) is 10.0 Å². The first-order valence-electron chi connectivity index (χ1n) is 12.6. The van der Waals surface area contributed by atoms with E-state index >= 15 is 0 Å². The molecular formula is C30H32N2O4S. The van der Waals surface area contributed by atoms with Crippen molar-refractivity contribution in [3.63, 3.8) is 0 Å². The number of sulfonamides is 1. The zero-order chi connectivity index (χ0) is 26.0. The minimum atomic E-state index is -3.58. The summed E-state index contributed by atoms with van der Waals surface area (Å²) >= 11 is 0. The van der Waals surface area contributed by atoms with Crippen LogP contribution in [0, 0.1) is 6.92 Å². The van der Waals surface area contributed by atoms with Gasteiger partial charge < -0.3 is 14.0 Å². The molecule has 0 radical (unpaired) electrons. The van der Waals surface area contributed by atoms with Crippen molar-refractivity contribution in [1.82, 2.24) is 8.87 Å². The molecule has 1 aliphatic heterocycles. The van der Waals surface area contributed by atoms with Gasteiger partial charge in [-0.05, 0) is 73.9 Å². The van der Waals surface area contributed by atoms with Gasteiger partial charge in [0.15, 0.2) is 0 Å². The molecule has 0 N–H and O–H groups in total. The molecular weight excluding hydrogens is 484 g/mol. The third kappa shape index (κ3) is 4.89. The molecule has 0 amide bonds. The lowest BCUT2D eigenvalue weighted by Gasteiger charge is -2.26. The van der Waals surface area contributed by atoms with E-state index in [4.69, 9.17) is 9.47 Å². The van der Waals surface area contributed by atoms with Crippen LogP contribution in [0.15, 0.2) is 83.8 Å². The molecule has 6 nitrogen and oxygen atoms in total. The molecule has 7 heteroatoms. The Morgan fingerprint density at radius 2 is 1.62 bits per heavy atom. The number of hydrogen-bond donors (Lipinski definition) is 0. The maximum absolute atomic E-state index is 13.3. The molecule has 1 aromatic heterocycles. The molecule has 0 bridgehead atoms. The van der Waals surface area contributed by atoms with E-state index in [1.165, 1.54) is 33.3 Å². The van der Waals surface area contributed by atoms with E-state index < -0.39 is 10.0 Å². The molecule has 1 aliphatic rings. The highest BCUT2D eigenvalue weighted by Gasteiger charge is 2.28. The van der Waals surface area contributed by atoms with Crippen LogP contribution in [0.2, 0.25) is 0 Å². The van der Waals surface area contributed by atoms with Gasteiger partial charge in [0.05, 0.1) is 18.6 Å². The normalized spacial score (nSPS) is 14.5. The fourth-order valence-corrected chi connectivity index (χ4v) is 6.45. The lowest BCUT2D eigenvalue weighted by atomic mass is 9.97. The average molecular weight is 517 g/mol. The van der Waals surface area contributed by atoms with Gasteiger partial charge in [0, 0.05) is 41.8 Å². The molecule has 0 unspecified atom stereocenters. The van der Waals surface area contributed by atoms with Crippen LogP contribution in [0.4, 0.5) is 0 Å². The number of benzene rings is 3. The number of nitrogens with zero attached hydrogens (tertiary/aromatic N) is 2. The summed E-state index contributed by atoms with van der Waals surface area (Å²) in [6.45, 7) is 6.15. The summed E-state index contributed by atoms with van der Waals surface area (Å²) < 4.78 is 41.2. The molecule has 0 saturated heterocycles. The predicted molar refractivity (Wildman–Crippen MR) is 148 cm³/mol. The van der Waals surface area contributed by atoms with Crippen LogP contribution in [0.25, 0.3) is 16.5 Å². The Bertz CT molecular complexity index is 1540. The van der Waals surface area contributed by atoms with Crippen LogP contribution in [0.3, 0.4) is 0 Å². The molecule has 0 saturated carbocycles. The van der Waals surface area contributed by atoms with E-state index in [-0.39, 0.29) is 0 Å². The van der Waals surface area contributed by atoms with Crippen LogP contribution in [-0.4, -0.2) is 44.1 Å². The summed E-state index contributed by atoms with van der Waals surface area (Å²) in [5, 5.41) is 1.20. The highest BCUT2D eigenvalue weighted by Crippen LogP contribution is 2.36. The topological polar surface area (TPSA) is 60.8 Å². The molecule has 4 aromatic rings. The standard InChI is InChI=1S/C30H32N2O4S/c1-4-36-26-13-15-27(16-14-26)37(33,34)31-19-17-24(18-20-31)30-22(2)32(29-8-6-5-7-28(29)30)21-23-9-11-25(35-3)12-10-23/h5-17H,4,18-21H2,1-3H3. The summed E-state index contributed by atoms with van der Waals surface area (Å²) in [7, 11) is -1.90. The van der Waals surface area contributed by atoms with Gasteiger partial charge in [-0.2, -0.15) is 4.31 Å². The first-order valence-corrected chi connectivity index (χ1v) is 14.0. The number of ether oxygens (including phenoxy) is 2. The molecule has 37 heavy (non-hydrogen) atoms. The van der Waals surface area contributed by atoms with Gasteiger partial charge in [-0.15, -0.1) is 0 Å². The molecule has 2 heterocycles. The van der Waals surface area contributed by atoms with E-state index in [0.29, 0.717) is 36.8 Å². The largest absolute Gasteiger partial charge is 0.497 e. The first-order chi connectivity index (χ1) is 17.9. The first kappa shape index (κ1) is 25.1. The molecule has 0 fully saturated rings. The minimum absolute atomic E-state index is 0.292. The monoisotopic (exact) mass is 516 g/mol. The number of hydrogen-bond acceptors (Lipinski definition) is 4. The number of fused-ring (bicyclic) bond motifs is 1. The predicted octanol–water partition coefficient (Wildman–Crippen LogP) is 5.88. The fraction of sp³-hybridized carbons (Fsp3) is 0.267. The van der Waals surface area contributed by atoms with E-state index in [0.717, 1.165) is 12.3 Å². The second kappa shape index (κ2) is 10.4. The van der Waals surface area contributed by atoms with Crippen molar-refractivity contribution in [2.45, 2.75) is 31.7 Å². The summed E-state index contributed by atoms with van der Waals surface area (Å²) in [5.41, 5.74) is 5.96. The van der Waals surface area contributed by atoms with Crippen LogP contribution < -0.4 is 9.47 Å². The molecule has 0 aliphatic carbocycles. The second-order valence-electron chi connectivity index (χ2n) is 9.16. The van der Waals surface area contributed by atoms with Crippen molar-refractivity contribution in [2.24, 2.45) is 0 Å². The van der Waals surface area contributed by atoms with Crippen molar-refractivity contribution in [3.05, 3.63) is 95.7 Å². The maximum atomic E-state index is 13.3. The van der Waals surface area contributed by atoms with Gasteiger partial charge in [0.1, 0.15) is 11.5 Å². The molecule has 5 rings (SSSR count). The van der Waals surface area contributed by atoms with Gasteiger partial charge in [-0.25, -0.2) is 8.42 Å². The Kier molecular flexibility index (Phi) is 7.09. The molecule has 0 atom stereocenters. The Morgan fingerprint density at radius 1 is 0.919 bits per heavy atom. The molecule has 0 spiro atoms. The van der Waals surface area contributed by atoms with Crippen LogP contribution >= 0.6 is 0 Å². The van der Waals surface area contributed by atoms with Crippen molar-refractivity contribution in [3.8, 4) is 11.5 Å². The van der Waals surface area contributed by atoms with Crippen LogP contribution in [0.1, 0.15) is 30.2 Å². The number of para-hydroxylation sites is 1. The molecule has 3 aromatic carbocycles. The zero-order valence-corrected chi connectivity index (χ0v) is 22.3. The van der Waals surface area contributed by atoms with E-state index in [9.17, 15) is 8.42 Å². The Hall–Kier alpha value is -3.55. The summed E-state index contributed by atoms with van der Waals surface area (Å²) in [4.78, 5) is 0.292. The Morgan fingerprint density at radius 3 is 2.27 bits per heavy atom. The molecule has 192 valence electrons. The van der Waals surface area contributed by atoms with Crippen LogP contribution in [0.5, 0.6) is 11.5 Å². The SMILES string of the molecule is CCOc1ccc(S(=O)(=O)N2CC=C(c3c(C)n(Cc4ccc(OC)cc4)c4ccccc34)CC2)cc1. The van der Waals surface area contributed by atoms with Gasteiger partial charge in [0.25, 0.3) is 0 Å². The quantitative estimate of drug-likeness (QED) is 0.293. The summed E-state index contributed by atoms with van der Waals surface area (Å²) in [5.74, 6) is 1.51. The van der Waals surface area contributed by atoms with Crippen LogP contribution in [-0.2, 0) is 16.6 Å². The number of aromatic nitrogens is 1. The minimum Gasteiger partial charge on any atom is -0.497 e. The lowest BCUT2D eigenvalue weighted by molar-refractivity contribution is 0.340. The maximum Gasteiger partial charge on any atom is 0.243 e. The van der Waals surface area contributed by atoms with Crippen molar-refractivity contribution < 1.29 is 17.9 Å². The zero-order valence-electron chi connectivity index (χ0n) is 21.5. The Labute approximate surface area is 218 Å². The number of methoxy groups -OCH3 is 1. The van der Waals surface area contributed by atoms with E-state index in [1.807, 2.05) is 19.1 Å². The van der Waals surface area contributed by atoms with Gasteiger partial charge in [-0.1, -0.05) is 36.4 Å². The average Bonchev–Trinajstić information content (AvgIpc) is 3.20. The second-order valence-corrected chi connectivity index (χ2v) is 11.1. The smallest absolute Gasteiger partial charge is 0.243 e. The van der Waals surface area contributed by atoms with Crippen molar-refractivity contribution >= 4 is 26.5 Å². The van der Waals surface area contributed by atoms with Crippen molar-refractivity contribution in [2.75, 3.05) is 26.8 Å². The summed E-state index contributed by atoms with van der Waals surface area (Å²) in [6.07, 6.45) is 2.73. The van der Waals surface area contributed by atoms with Gasteiger partial charge in [-0.3, -0.25) is 0 Å². The van der Waals surface area contributed by atoms with E-state index in [2.05, 4.69) is 54.0 Å². The third-order valence-corrected chi connectivity index (χ3v) is 8.88. The number of rotatable bonds is 8. The highest BCUT2D eigenvalue weighted by atomic mass is 32.2. The summed E-state index contributed by atoms with van der Waals surface area (Å²) in [6, 6.07) is 23.3.